The van der Waals surface area contributed by atoms with Crippen molar-refractivity contribution < 1.29 is 14.8 Å². The van der Waals surface area contributed by atoms with Gasteiger partial charge in [0.1, 0.15) is 0 Å². The number of carbonyl (C=O) groups is 2. The number of amides is 2. The Morgan fingerprint density at radius 1 is 1.18 bits per heavy atom. The first-order valence-electron chi connectivity index (χ1n) is 6.87. The van der Waals surface area contributed by atoms with Crippen LogP contribution in [0.3, 0.4) is 0 Å². The molecule has 0 fully saturated rings. The van der Waals surface area contributed by atoms with Gasteiger partial charge in [-0.05, 0) is 38.8 Å². The molecule has 118 valence electrons. The van der Waals surface area contributed by atoms with Crippen molar-refractivity contribution in [2.75, 3.05) is 0 Å². The number of rotatable bonds is 6. The van der Waals surface area contributed by atoms with Crippen LogP contribution in [0.5, 0.6) is 0 Å². The molecule has 0 spiro atoms. The summed E-state index contributed by atoms with van der Waals surface area (Å²) >= 11 is 3.03. The van der Waals surface area contributed by atoms with Crippen LogP contribution in [-0.2, 0) is 6.42 Å². The maximum absolute atomic E-state index is 12.0. The highest BCUT2D eigenvalue weighted by Gasteiger charge is 2.12. The van der Waals surface area contributed by atoms with E-state index >= 15 is 0 Å². The second-order valence-electron chi connectivity index (χ2n) is 5.10. The lowest BCUT2D eigenvalue weighted by molar-refractivity contribution is 0.0706. The van der Waals surface area contributed by atoms with E-state index in [0.29, 0.717) is 11.1 Å². The fourth-order valence-electron chi connectivity index (χ4n) is 2.00. The molecule has 0 saturated carbocycles. The Morgan fingerprint density at radius 2 is 1.86 bits per heavy atom. The minimum atomic E-state index is -0.503. The summed E-state index contributed by atoms with van der Waals surface area (Å²) in [5.41, 5.74) is 2.77. The second-order valence-corrected chi connectivity index (χ2v) is 7.21. The zero-order chi connectivity index (χ0) is 16.1. The Hall–Kier alpha value is -1.70. The van der Waals surface area contributed by atoms with Gasteiger partial charge in [0.2, 0.25) is 0 Å². The summed E-state index contributed by atoms with van der Waals surface area (Å²) in [5.74, 6) is -0.556. The van der Waals surface area contributed by atoms with Gasteiger partial charge < -0.3 is 5.32 Å². The predicted octanol–water partition coefficient (Wildman–Crippen LogP) is 2.99. The smallest absolute Gasteiger partial charge is 0.275 e. The van der Waals surface area contributed by atoms with Crippen molar-refractivity contribution in [3.05, 3.63) is 43.8 Å². The third-order valence-electron chi connectivity index (χ3n) is 3.21. The monoisotopic (exact) mass is 338 g/mol. The van der Waals surface area contributed by atoms with E-state index in [1.807, 2.05) is 25.3 Å². The summed E-state index contributed by atoms with van der Waals surface area (Å²) in [6, 6.07) is 3.68. The van der Waals surface area contributed by atoms with Gasteiger partial charge in [-0.1, -0.05) is 0 Å². The van der Waals surface area contributed by atoms with Crippen molar-refractivity contribution >= 4 is 34.5 Å². The molecule has 1 atom stereocenters. The molecule has 22 heavy (non-hydrogen) atoms. The van der Waals surface area contributed by atoms with E-state index in [-0.39, 0.29) is 11.9 Å². The predicted molar refractivity (Wildman–Crippen MR) is 87.9 cm³/mol. The molecule has 3 N–H and O–H groups in total. The third kappa shape index (κ3) is 4.40. The highest BCUT2D eigenvalue weighted by molar-refractivity contribution is 7.10. The molecule has 0 aliphatic heterocycles. The summed E-state index contributed by atoms with van der Waals surface area (Å²) < 4.78 is 0. The third-order valence-corrected chi connectivity index (χ3v) is 5.07. The molecule has 0 saturated heterocycles. The maximum Gasteiger partial charge on any atom is 0.275 e. The van der Waals surface area contributed by atoms with Crippen LogP contribution in [0.4, 0.5) is 0 Å². The summed E-state index contributed by atoms with van der Waals surface area (Å²) in [7, 11) is 0. The molecule has 0 radical (unpaired) electrons. The summed E-state index contributed by atoms with van der Waals surface area (Å²) in [5, 5.41) is 15.1. The lowest BCUT2D eigenvalue weighted by atomic mass is 10.1. The van der Waals surface area contributed by atoms with Crippen LogP contribution in [0.2, 0.25) is 0 Å². The molecule has 7 heteroatoms. The number of hydrogen-bond donors (Lipinski definition) is 3. The van der Waals surface area contributed by atoms with E-state index in [9.17, 15) is 9.59 Å². The minimum absolute atomic E-state index is 0.0462. The van der Waals surface area contributed by atoms with Gasteiger partial charge in [-0.2, -0.15) is 0 Å². The molecular weight excluding hydrogens is 320 g/mol. The van der Waals surface area contributed by atoms with E-state index in [1.165, 1.54) is 11.3 Å². The van der Waals surface area contributed by atoms with Crippen molar-refractivity contribution in [1.82, 2.24) is 10.8 Å². The first-order chi connectivity index (χ1) is 10.5. The van der Waals surface area contributed by atoms with E-state index < -0.39 is 5.91 Å². The van der Waals surface area contributed by atoms with Crippen LogP contribution in [0.15, 0.2) is 22.9 Å². The van der Waals surface area contributed by atoms with Crippen molar-refractivity contribution in [1.29, 1.82) is 0 Å². The van der Waals surface area contributed by atoms with Crippen molar-refractivity contribution in [3.8, 4) is 0 Å². The topological polar surface area (TPSA) is 78.4 Å². The van der Waals surface area contributed by atoms with Crippen molar-refractivity contribution in [2.45, 2.75) is 32.7 Å². The molecule has 0 bridgehead atoms. The Kier molecular flexibility index (Phi) is 5.70. The molecule has 2 aromatic rings. The van der Waals surface area contributed by atoms with Crippen LogP contribution in [-0.4, -0.2) is 23.1 Å². The highest BCUT2D eigenvalue weighted by Crippen LogP contribution is 2.18. The summed E-state index contributed by atoms with van der Waals surface area (Å²) in [6.07, 6.45) is 1.56. The standard InChI is InChI=1S/C15H18N2O3S2/c1-9(16-14(18)11-5-10(2)21-7-11)3-4-13-6-12(8-22-13)15(19)17-20/h5-9,20H,3-4H2,1-2H3,(H,16,18)(H,17,19). The fraction of sp³-hybridized carbons (Fsp3) is 0.333. The molecule has 0 aromatic carbocycles. The molecule has 0 aliphatic carbocycles. The van der Waals surface area contributed by atoms with Crippen molar-refractivity contribution in [2.24, 2.45) is 0 Å². The van der Waals surface area contributed by atoms with Crippen LogP contribution in [0.25, 0.3) is 0 Å². The van der Waals surface area contributed by atoms with Gasteiger partial charge >= 0.3 is 0 Å². The number of thiophene rings is 2. The number of hydroxylamine groups is 1. The first kappa shape index (κ1) is 16.7. The Balaban J connectivity index is 1.82. The van der Waals surface area contributed by atoms with Crippen LogP contribution in [0.1, 0.15) is 43.8 Å². The Morgan fingerprint density at radius 3 is 2.50 bits per heavy atom. The van der Waals surface area contributed by atoms with E-state index in [1.54, 1.807) is 28.3 Å². The van der Waals surface area contributed by atoms with Crippen LogP contribution >= 0.6 is 22.7 Å². The summed E-state index contributed by atoms with van der Waals surface area (Å²) in [4.78, 5) is 25.5. The van der Waals surface area contributed by atoms with E-state index in [0.717, 1.165) is 22.6 Å². The number of aryl methyl sites for hydroxylation is 2. The van der Waals surface area contributed by atoms with Gasteiger partial charge in [0.15, 0.2) is 0 Å². The Labute approximate surface area is 136 Å². The molecule has 0 aliphatic rings. The SMILES string of the molecule is Cc1cc(C(=O)NC(C)CCc2cc(C(=O)NO)cs2)cs1. The van der Waals surface area contributed by atoms with Crippen LogP contribution in [0, 0.1) is 6.92 Å². The van der Waals surface area contributed by atoms with E-state index in [2.05, 4.69) is 5.32 Å². The number of carbonyl (C=O) groups excluding carboxylic acids is 2. The zero-order valence-corrected chi connectivity index (χ0v) is 14.0. The molecule has 2 amide bonds. The normalized spacial score (nSPS) is 12.0. The van der Waals surface area contributed by atoms with Gasteiger partial charge in [0.05, 0.1) is 11.1 Å². The fourth-order valence-corrected chi connectivity index (χ4v) is 3.56. The number of nitrogens with one attached hydrogen (secondary N) is 2. The molecule has 1 unspecified atom stereocenters. The number of hydrogen-bond acceptors (Lipinski definition) is 5. The van der Waals surface area contributed by atoms with Gasteiger partial charge in [0, 0.05) is 26.6 Å². The average molecular weight is 338 g/mol. The highest BCUT2D eigenvalue weighted by atomic mass is 32.1. The zero-order valence-electron chi connectivity index (χ0n) is 12.4. The average Bonchev–Trinajstić information content (AvgIpc) is 3.13. The molecular formula is C15H18N2O3S2. The largest absolute Gasteiger partial charge is 0.350 e. The van der Waals surface area contributed by atoms with Crippen LogP contribution < -0.4 is 10.8 Å². The Bertz CT molecular complexity index is 663. The molecule has 2 aromatic heterocycles. The molecule has 2 heterocycles. The second kappa shape index (κ2) is 7.53. The van der Waals surface area contributed by atoms with Gasteiger partial charge in [0.25, 0.3) is 11.8 Å². The van der Waals surface area contributed by atoms with Crippen molar-refractivity contribution in [3.63, 3.8) is 0 Å². The van der Waals surface area contributed by atoms with Gasteiger partial charge in [-0.25, -0.2) is 5.48 Å². The molecule has 2 rings (SSSR count). The maximum atomic E-state index is 12.0. The molecule has 5 nitrogen and oxygen atoms in total. The van der Waals surface area contributed by atoms with Gasteiger partial charge in [-0.15, -0.1) is 22.7 Å². The lowest BCUT2D eigenvalue weighted by Crippen LogP contribution is -2.32. The minimum Gasteiger partial charge on any atom is -0.350 e. The quantitative estimate of drug-likeness (QED) is 0.560. The van der Waals surface area contributed by atoms with Gasteiger partial charge in [-0.3, -0.25) is 14.8 Å². The summed E-state index contributed by atoms with van der Waals surface area (Å²) in [6.45, 7) is 3.94. The first-order valence-corrected chi connectivity index (χ1v) is 8.63. The van der Waals surface area contributed by atoms with E-state index in [4.69, 9.17) is 5.21 Å². The lowest BCUT2D eigenvalue weighted by Gasteiger charge is -2.12.